The molecule has 0 amide bonds. The van der Waals surface area contributed by atoms with Crippen molar-refractivity contribution in [1.82, 2.24) is 0 Å². The molecule has 0 aromatic heterocycles. The van der Waals surface area contributed by atoms with Crippen molar-refractivity contribution in [3.8, 4) is 0 Å². The highest BCUT2D eigenvalue weighted by Gasteiger charge is 2.04. The molecule has 0 spiro atoms. The lowest BCUT2D eigenvalue weighted by atomic mass is 10.1. The fraction of sp³-hybridized carbons (Fsp3) is 0.538. The minimum absolute atomic E-state index is 0.226. The first kappa shape index (κ1) is 14.5. The lowest BCUT2D eigenvalue weighted by molar-refractivity contribution is 0.283. The second-order valence-electron chi connectivity index (χ2n) is 4.15. The van der Waals surface area contributed by atoms with Gasteiger partial charge in [-0.25, -0.2) is 4.39 Å². The molecule has 0 fully saturated rings. The van der Waals surface area contributed by atoms with Crippen LogP contribution in [0.5, 0.6) is 0 Å². The molecule has 0 aliphatic heterocycles. The van der Waals surface area contributed by atoms with E-state index < -0.39 is 0 Å². The van der Waals surface area contributed by atoms with Gasteiger partial charge in [-0.3, -0.25) is 0 Å². The summed E-state index contributed by atoms with van der Waals surface area (Å²) in [4.78, 5) is 0. The Bertz CT molecular complexity index is 358. The molecule has 96 valence electrons. The van der Waals surface area contributed by atoms with Crippen LogP contribution < -0.4 is 5.32 Å². The number of unbranched alkanes of at least 4 members (excludes halogenated alkanes) is 3. The average molecular weight is 304 g/mol. The first-order valence-electron chi connectivity index (χ1n) is 5.95. The molecule has 0 bridgehead atoms. The van der Waals surface area contributed by atoms with Crippen molar-refractivity contribution in [3.63, 3.8) is 0 Å². The van der Waals surface area contributed by atoms with Gasteiger partial charge in [0, 0.05) is 18.8 Å². The molecule has 0 aliphatic carbocycles. The van der Waals surface area contributed by atoms with Crippen LogP contribution >= 0.6 is 15.9 Å². The predicted molar refractivity (Wildman–Crippen MR) is 72.9 cm³/mol. The second kappa shape index (κ2) is 7.67. The van der Waals surface area contributed by atoms with Gasteiger partial charge in [0.2, 0.25) is 0 Å². The normalized spacial score (nSPS) is 10.6. The quantitative estimate of drug-likeness (QED) is 0.750. The first-order chi connectivity index (χ1) is 8.15. The molecule has 2 N–H and O–H groups in total. The smallest absolute Gasteiger partial charge is 0.137 e. The molecule has 1 rings (SSSR count). The van der Waals surface area contributed by atoms with Gasteiger partial charge in [0.1, 0.15) is 5.82 Å². The Kier molecular flexibility index (Phi) is 6.52. The third-order valence-electron chi connectivity index (χ3n) is 2.67. The van der Waals surface area contributed by atoms with Gasteiger partial charge in [0.25, 0.3) is 0 Å². The summed E-state index contributed by atoms with van der Waals surface area (Å²) in [5.74, 6) is -0.226. The molecule has 1 aromatic carbocycles. The summed E-state index contributed by atoms with van der Waals surface area (Å²) >= 11 is 3.18. The third kappa shape index (κ3) is 5.04. The van der Waals surface area contributed by atoms with Gasteiger partial charge in [-0.2, -0.15) is 0 Å². The Morgan fingerprint density at radius 1 is 1.24 bits per heavy atom. The highest BCUT2D eigenvalue weighted by molar-refractivity contribution is 9.10. The summed E-state index contributed by atoms with van der Waals surface area (Å²) in [7, 11) is 0. The number of benzene rings is 1. The van der Waals surface area contributed by atoms with Crippen molar-refractivity contribution in [3.05, 3.63) is 28.0 Å². The number of aliphatic hydroxyl groups excluding tert-OH is 1. The molecule has 0 radical (unpaired) electrons. The van der Waals surface area contributed by atoms with Crippen molar-refractivity contribution in [2.45, 2.75) is 32.6 Å². The van der Waals surface area contributed by atoms with E-state index in [9.17, 15) is 4.39 Å². The molecule has 1 aromatic rings. The molecule has 0 unspecified atom stereocenters. The molecule has 4 heteroatoms. The van der Waals surface area contributed by atoms with Crippen LogP contribution in [0, 0.1) is 12.7 Å². The lowest BCUT2D eigenvalue weighted by Crippen LogP contribution is -2.03. The second-order valence-corrected chi connectivity index (χ2v) is 5.00. The SMILES string of the molecule is Cc1cc(F)c(Br)cc1NCCCCCCO. The van der Waals surface area contributed by atoms with Gasteiger partial charge in [0.15, 0.2) is 0 Å². The molecule has 0 saturated carbocycles. The predicted octanol–water partition coefficient (Wildman–Crippen LogP) is 3.86. The number of halogens is 2. The summed E-state index contributed by atoms with van der Waals surface area (Å²) in [6.07, 6.45) is 4.11. The van der Waals surface area contributed by atoms with Crippen LogP contribution in [0.1, 0.15) is 31.2 Å². The van der Waals surface area contributed by atoms with E-state index in [-0.39, 0.29) is 12.4 Å². The van der Waals surface area contributed by atoms with E-state index in [4.69, 9.17) is 5.11 Å². The number of hydrogen-bond donors (Lipinski definition) is 2. The van der Waals surface area contributed by atoms with E-state index in [0.717, 1.165) is 43.5 Å². The summed E-state index contributed by atoms with van der Waals surface area (Å²) in [5.41, 5.74) is 1.89. The van der Waals surface area contributed by atoms with Gasteiger partial charge in [0.05, 0.1) is 4.47 Å². The largest absolute Gasteiger partial charge is 0.396 e. The Hall–Kier alpha value is -0.610. The molecular formula is C13H19BrFNO. The zero-order valence-electron chi connectivity index (χ0n) is 10.1. The van der Waals surface area contributed by atoms with Crippen LogP contribution in [0.3, 0.4) is 0 Å². The molecule has 0 aliphatic rings. The summed E-state index contributed by atoms with van der Waals surface area (Å²) < 4.78 is 13.7. The van der Waals surface area contributed by atoms with Crippen molar-refractivity contribution in [2.75, 3.05) is 18.5 Å². The molecule has 0 saturated heterocycles. The van der Waals surface area contributed by atoms with E-state index in [1.54, 1.807) is 6.07 Å². The van der Waals surface area contributed by atoms with Crippen molar-refractivity contribution >= 4 is 21.6 Å². The molecule has 0 heterocycles. The summed E-state index contributed by atoms with van der Waals surface area (Å²) in [6, 6.07) is 3.30. The molecule has 17 heavy (non-hydrogen) atoms. The van der Waals surface area contributed by atoms with Crippen LogP contribution in [0.25, 0.3) is 0 Å². The Labute approximate surface area is 110 Å². The molecule has 0 atom stereocenters. The highest BCUT2D eigenvalue weighted by Crippen LogP contribution is 2.24. The maximum atomic E-state index is 13.2. The molecule has 2 nitrogen and oxygen atoms in total. The van der Waals surface area contributed by atoms with Crippen molar-refractivity contribution in [2.24, 2.45) is 0 Å². The maximum absolute atomic E-state index is 13.2. The summed E-state index contributed by atoms with van der Waals surface area (Å²) in [5, 5.41) is 11.9. The van der Waals surface area contributed by atoms with Gasteiger partial charge >= 0.3 is 0 Å². The fourth-order valence-electron chi connectivity index (χ4n) is 1.65. The number of rotatable bonds is 7. The van der Waals surface area contributed by atoms with E-state index >= 15 is 0 Å². The number of aliphatic hydroxyl groups is 1. The van der Waals surface area contributed by atoms with E-state index in [1.165, 1.54) is 6.07 Å². The zero-order chi connectivity index (χ0) is 12.7. The summed E-state index contributed by atoms with van der Waals surface area (Å²) in [6.45, 7) is 3.05. The van der Waals surface area contributed by atoms with Crippen LogP contribution in [-0.4, -0.2) is 18.3 Å². The number of hydrogen-bond acceptors (Lipinski definition) is 2. The number of aryl methyl sites for hydroxylation is 1. The standard InChI is InChI=1S/C13H19BrFNO/c1-10-8-12(15)11(14)9-13(10)16-6-4-2-3-5-7-17/h8-9,16-17H,2-7H2,1H3. The fourth-order valence-corrected chi connectivity index (χ4v) is 1.99. The maximum Gasteiger partial charge on any atom is 0.137 e. The van der Waals surface area contributed by atoms with Crippen molar-refractivity contribution in [1.29, 1.82) is 0 Å². The Balaban J connectivity index is 2.34. The monoisotopic (exact) mass is 303 g/mol. The van der Waals surface area contributed by atoms with E-state index in [2.05, 4.69) is 21.2 Å². The number of nitrogens with one attached hydrogen (secondary N) is 1. The Morgan fingerprint density at radius 3 is 2.65 bits per heavy atom. The third-order valence-corrected chi connectivity index (χ3v) is 3.28. The number of anilines is 1. The van der Waals surface area contributed by atoms with Crippen LogP contribution in [0.2, 0.25) is 0 Å². The topological polar surface area (TPSA) is 32.3 Å². The van der Waals surface area contributed by atoms with Crippen LogP contribution in [-0.2, 0) is 0 Å². The minimum Gasteiger partial charge on any atom is -0.396 e. The van der Waals surface area contributed by atoms with Gasteiger partial charge in [-0.1, -0.05) is 12.8 Å². The zero-order valence-corrected chi connectivity index (χ0v) is 11.7. The first-order valence-corrected chi connectivity index (χ1v) is 6.75. The average Bonchev–Trinajstić information content (AvgIpc) is 2.30. The van der Waals surface area contributed by atoms with Crippen LogP contribution in [0.15, 0.2) is 16.6 Å². The van der Waals surface area contributed by atoms with Gasteiger partial charge < -0.3 is 10.4 Å². The van der Waals surface area contributed by atoms with Gasteiger partial charge in [-0.05, 0) is 53.4 Å². The van der Waals surface area contributed by atoms with Crippen LogP contribution in [0.4, 0.5) is 10.1 Å². The van der Waals surface area contributed by atoms with Gasteiger partial charge in [-0.15, -0.1) is 0 Å². The van der Waals surface area contributed by atoms with E-state index in [1.807, 2.05) is 6.92 Å². The highest BCUT2D eigenvalue weighted by atomic mass is 79.9. The minimum atomic E-state index is -0.226. The van der Waals surface area contributed by atoms with Crippen molar-refractivity contribution < 1.29 is 9.50 Å². The molecular weight excluding hydrogens is 285 g/mol. The lowest BCUT2D eigenvalue weighted by Gasteiger charge is -2.10. The Morgan fingerprint density at radius 2 is 1.94 bits per heavy atom. The van der Waals surface area contributed by atoms with E-state index in [0.29, 0.717) is 4.47 Å².